The number of pyridine rings is 2. The van der Waals surface area contributed by atoms with E-state index in [1.165, 1.54) is 42.5 Å². The molecule has 1 unspecified atom stereocenters. The zero-order valence-corrected chi connectivity index (χ0v) is 36.5. The summed E-state index contributed by atoms with van der Waals surface area (Å²) >= 11 is 0. The molecule has 1 atom stereocenters. The third kappa shape index (κ3) is 10.8. The van der Waals surface area contributed by atoms with Gasteiger partial charge in [0.15, 0.2) is 12.1 Å². The number of hydrogen-bond acceptors (Lipinski definition) is 9. The minimum absolute atomic E-state index is 0.0176. The van der Waals surface area contributed by atoms with E-state index < -0.39 is 24.3 Å². The molecular weight excluding hydrogens is 836 g/mol. The summed E-state index contributed by atoms with van der Waals surface area (Å²) in [5.41, 5.74) is 0.540. The predicted molar refractivity (Wildman–Crippen MR) is 237 cm³/mol. The third-order valence-electron chi connectivity index (χ3n) is 12.0. The summed E-state index contributed by atoms with van der Waals surface area (Å²) in [5.74, 6) is -0.165. The van der Waals surface area contributed by atoms with Crippen LogP contribution in [0.25, 0.3) is 32.9 Å². The van der Waals surface area contributed by atoms with Crippen LogP contribution in [0.15, 0.2) is 80.3 Å². The number of hydrogen-bond donors (Lipinski definition) is 0. The Morgan fingerprint density at radius 3 is 2.36 bits per heavy atom. The average Bonchev–Trinajstić information content (AvgIpc) is 3.62. The Morgan fingerprint density at radius 2 is 1.69 bits per heavy atom. The van der Waals surface area contributed by atoms with E-state index in [2.05, 4.69) is 28.0 Å². The molecule has 0 N–H and O–H groups in total. The molecule has 0 radical (unpaired) electrons. The van der Waals surface area contributed by atoms with Crippen molar-refractivity contribution in [2.75, 3.05) is 51.3 Å². The van der Waals surface area contributed by atoms with Crippen molar-refractivity contribution in [3.05, 3.63) is 97.0 Å². The number of halogens is 5. The maximum Gasteiger partial charge on any atom is 0.419 e. The molecular formula is C48H55F5N6O5. The van der Waals surface area contributed by atoms with Crippen LogP contribution in [0.5, 0.6) is 5.75 Å². The number of aldehydes is 1. The van der Waals surface area contributed by atoms with Crippen molar-refractivity contribution < 1.29 is 45.8 Å². The number of ketones is 1. The highest BCUT2D eigenvalue weighted by molar-refractivity contribution is 6.08. The number of anilines is 1. The molecule has 5 heterocycles. The minimum Gasteiger partial charge on any atom is -0.494 e. The first-order chi connectivity index (χ1) is 30.8. The Labute approximate surface area is 369 Å². The van der Waals surface area contributed by atoms with E-state index >= 15 is 0 Å². The number of carbonyl (C=O) groups is 3. The number of aromatic nitrogens is 3. The van der Waals surface area contributed by atoms with Crippen molar-refractivity contribution in [3.8, 4) is 16.9 Å². The van der Waals surface area contributed by atoms with Crippen molar-refractivity contribution >= 4 is 45.6 Å². The van der Waals surface area contributed by atoms with Crippen LogP contribution >= 0.6 is 0 Å². The second-order valence-electron chi connectivity index (χ2n) is 16.2. The topological polar surface area (TPSA) is 110 Å². The number of fused-ring (bicyclic) bond motifs is 3. The summed E-state index contributed by atoms with van der Waals surface area (Å²) in [6.45, 7) is 10.2. The molecule has 2 aliphatic heterocycles. The number of likely N-dealkylation sites (tertiary alicyclic amines) is 1. The number of unbranched alkanes of at least 4 members (excludes halogenated alkanes) is 2. The van der Waals surface area contributed by atoms with Gasteiger partial charge in [0, 0.05) is 73.7 Å². The van der Waals surface area contributed by atoms with E-state index in [0.717, 1.165) is 68.8 Å². The van der Waals surface area contributed by atoms with E-state index in [4.69, 9.17) is 9.47 Å². The van der Waals surface area contributed by atoms with Gasteiger partial charge in [0.2, 0.25) is 0 Å². The van der Waals surface area contributed by atoms with Gasteiger partial charge in [0.1, 0.15) is 11.6 Å². The van der Waals surface area contributed by atoms with Gasteiger partial charge in [-0.1, -0.05) is 25.5 Å². The fourth-order valence-electron chi connectivity index (χ4n) is 8.60. The van der Waals surface area contributed by atoms with Crippen molar-refractivity contribution in [1.82, 2.24) is 24.3 Å². The van der Waals surface area contributed by atoms with Gasteiger partial charge in [0.25, 0.3) is 5.91 Å². The van der Waals surface area contributed by atoms with E-state index in [9.17, 15) is 36.3 Å². The number of benzene rings is 2. The molecule has 2 saturated heterocycles. The smallest absolute Gasteiger partial charge is 0.419 e. The van der Waals surface area contributed by atoms with Gasteiger partial charge in [-0.25, -0.2) is 4.98 Å². The quantitative estimate of drug-likeness (QED) is 0.0368. The Balaban J connectivity index is 0.00000335. The molecule has 2 aromatic carbocycles. The van der Waals surface area contributed by atoms with Crippen LogP contribution in [0, 0.1) is 0 Å². The van der Waals surface area contributed by atoms with Crippen LogP contribution in [0.4, 0.5) is 27.8 Å². The molecule has 7 rings (SSSR count). The highest BCUT2D eigenvalue weighted by Crippen LogP contribution is 2.41. The lowest BCUT2D eigenvalue weighted by atomic mass is 10.0. The number of nitrogens with zero attached hydrogens (tertiary/aromatic N) is 6. The number of carbonyl (C=O) groups excluding carboxylic acids is 3. The minimum atomic E-state index is -4.69. The Kier molecular flexibility index (Phi) is 15.9. The van der Waals surface area contributed by atoms with E-state index in [0.29, 0.717) is 41.4 Å². The Hall–Kier alpha value is -5.74. The van der Waals surface area contributed by atoms with E-state index in [-0.39, 0.29) is 70.5 Å². The summed E-state index contributed by atoms with van der Waals surface area (Å²) in [7, 11) is 1.58. The van der Waals surface area contributed by atoms with Crippen LogP contribution in [-0.4, -0.2) is 107 Å². The van der Waals surface area contributed by atoms with Crippen LogP contribution in [0.3, 0.4) is 0 Å². The van der Waals surface area contributed by atoms with Crippen molar-refractivity contribution in [2.24, 2.45) is 0 Å². The predicted octanol–water partition coefficient (Wildman–Crippen LogP) is 10.0. The zero-order chi connectivity index (χ0) is 46.1. The summed E-state index contributed by atoms with van der Waals surface area (Å²) in [6.07, 6.45) is 5.67. The van der Waals surface area contributed by atoms with E-state index in [1.807, 2.05) is 6.92 Å². The first kappa shape index (κ1) is 47.7. The number of rotatable bonds is 18. The van der Waals surface area contributed by atoms with Crippen LogP contribution in [0.1, 0.15) is 91.6 Å². The third-order valence-corrected chi connectivity index (χ3v) is 12.0. The normalized spacial score (nSPS) is 15.5. The van der Waals surface area contributed by atoms with Gasteiger partial charge in [0.05, 0.1) is 47.0 Å². The van der Waals surface area contributed by atoms with Crippen LogP contribution < -0.4 is 9.64 Å². The Bertz CT molecular complexity index is 2410. The summed E-state index contributed by atoms with van der Waals surface area (Å²) < 4.78 is 84.7. The molecule has 2 fully saturated rings. The monoisotopic (exact) mass is 890 g/mol. The molecule has 0 saturated carbocycles. The second-order valence-corrected chi connectivity index (χ2v) is 16.2. The molecule has 0 spiro atoms. The number of amides is 1. The zero-order valence-electron chi connectivity index (χ0n) is 36.5. The first-order valence-corrected chi connectivity index (χ1v) is 21.6. The summed E-state index contributed by atoms with van der Waals surface area (Å²) in [5, 5.41) is 1.06. The number of alkyl halides is 5. The van der Waals surface area contributed by atoms with Gasteiger partial charge in [-0.05, 0) is 94.0 Å². The Morgan fingerprint density at radius 1 is 0.938 bits per heavy atom. The van der Waals surface area contributed by atoms with E-state index in [1.54, 1.807) is 42.3 Å². The number of likely N-dealkylation sites (N-methyl/N-ethyl adjacent to an activating group) is 1. The molecule has 1 amide bonds. The fraction of sp³-hybridized carbons (Fsp3) is 0.438. The van der Waals surface area contributed by atoms with Crippen LogP contribution in [0.2, 0.25) is 0 Å². The molecule has 5 aromatic rings. The second kappa shape index (κ2) is 21.3. The van der Waals surface area contributed by atoms with Crippen molar-refractivity contribution in [3.63, 3.8) is 0 Å². The number of Topliss-reactive ketones (excluding diaryl/α,β-unsaturated/α-hetero) is 1. The van der Waals surface area contributed by atoms with Gasteiger partial charge in [-0.15, -0.1) is 13.2 Å². The SMILES string of the molecule is C=C.CCCC(C(C)=O)N(C)C(=O)c1ccc(OCCCCCN2CCC(OC3CN(c4ncc(-c5ccc6c7cnccc7n(C(F)F)c6c5)cc4C(F)(F)F)C3)CC2)cc1C=O. The van der Waals surface area contributed by atoms with Gasteiger partial charge >= 0.3 is 12.7 Å². The largest absolute Gasteiger partial charge is 0.494 e. The molecule has 0 aliphatic carbocycles. The molecule has 0 bridgehead atoms. The van der Waals surface area contributed by atoms with Crippen LogP contribution in [-0.2, 0) is 15.7 Å². The molecule has 11 nitrogen and oxygen atoms in total. The molecule has 16 heteroatoms. The van der Waals surface area contributed by atoms with Gasteiger partial charge in [-0.2, -0.15) is 22.0 Å². The van der Waals surface area contributed by atoms with Gasteiger partial charge in [-0.3, -0.25) is 23.9 Å². The molecule has 3 aromatic heterocycles. The average molecular weight is 891 g/mol. The highest BCUT2D eigenvalue weighted by atomic mass is 19.4. The maximum atomic E-state index is 14.4. The van der Waals surface area contributed by atoms with Crippen molar-refractivity contribution in [2.45, 2.75) is 89.8 Å². The highest BCUT2D eigenvalue weighted by Gasteiger charge is 2.40. The lowest BCUT2D eigenvalue weighted by Crippen LogP contribution is -2.55. The lowest BCUT2D eigenvalue weighted by Gasteiger charge is -2.43. The summed E-state index contributed by atoms with van der Waals surface area (Å²) in [4.78, 5) is 50.7. The number of ether oxygens (including phenoxy) is 2. The first-order valence-electron chi connectivity index (χ1n) is 21.6. The molecule has 2 aliphatic rings. The van der Waals surface area contributed by atoms with Gasteiger partial charge < -0.3 is 24.2 Å². The maximum absolute atomic E-state index is 14.4. The molecule has 64 heavy (non-hydrogen) atoms. The standard InChI is InChI=1S/C46H51F5N6O5.C2H4/c1-4-8-40(29(2)59)54(3)44(60)36-12-10-34(21-32(36)28-58)61-20-7-5-6-17-55-18-14-33(15-19-55)62-35-26-56(27-35)43-39(46(49,50)51)22-31(24-53-43)30-9-11-37-38-25-52-16-13-41(38)57(45(47)48)42(37)23-30;1-2/h9-13,16,21-25,28,33,35,40,45H,4-8,14-15,17-20,26-27H2,1-3H3;1-2H2. The molecule has 342 valence electrons. The van der Waals surface area contributed by atoms with Crippen molar-refractivity contribution in [1.29, 1.82) is 0 Å². The number of piperidine rings is 1. The fourth-order valence-corrected chi connectivity index (χ4v) is 8.60. The summed E-state index contributed by atoms with van der Waals surface area (Å²) in [6, 6.07) is 11.5. The lowest BCUT2D eigenvalue weighted by molar-refractivity contribution is -0.137.